The van der Waals surface area contributed by atoms with E-state index in [1.165, 1.54) is 25.0 Å². The van der Waals surface area contributed by atoms with Gasteiger partial charge < -0.3 is 13.9 Å². The molecule has 4 rings (SSSR count). The molecule has 0 spiro atoms. The molecule has 1 N–H and O–H groups in total. The van der Waals surface area contributed by atoms with Crippen molar-refractivity contribution in [1.29, 1.82) is 0 Å². The van der Waals surface area contributed by atoms with Crippen molar-refractivity contribution in [2.24, 2.45) is 0 Å². The molecule has 0 bridgehead atoms. The van der Waals surface area contributed by atoms with Gasteiger partial charge in [-0.05, 0) is 50.2 Å². The van der Waals surface area contributed by atoms with Crippen LogP contribution >= 0.6 is 0 Å². The van der Waals surface area contributed by atoms with Gasteiger partial charge in [0.05, 0.1) is 17.2 Å². The second-order valence-corrected chi connectivity index (χ2v) is 8.62. The van der Waals surface area contributed by atoms with Gasteiger partial charge in [-0.2, -0.15) is 0 Å². The van der Waals surface area contributed by atoms with Gasteiger partial charge in [0.15, 0.2) is 11.5 Å². The zero-order valence-corrected chi connectivity index (χ0v) is 15.9. The van der Waals surface area contributed by atoms with Crippen LogP contribution in [0.5, 0.6) is 11.5 Å². The van der Waals surface area contributed by atoms with Gasteiger partial charge in [0.2, 0.25) is 16.8 Å². The van der Waals surface area contributed by atoms with Crippen LogP contribution < -0.4 is 14.2 Å². The van der Waals surface area contributed by atoms with Gasteiger partial charge in [0, 0.05) is 12.6 Å². The summed E-state index contributed by atoms with van der Waals surface area (Å²) >= 11 is 0. The van der Waals surface area contributed by atoms with E-state index in [-0.39, 0.29) is 24.3 Å². The number of ether oxygens (including phenoxy) is 2. The van der Waals surface area contributed by atoms with Gasteiger partial charge in [-0.3, -0.25) is 4.90 Å². The Bertz CT molecular complexity index is 858. The van der Waals surface area contributed by atoms with Crippen molar-refractivity contribution in [2.75, 3.05) is 26.4 Å². The first kappa shape index (κ1) is 18.3. The second kappa shape index (κ2) is 7.92. The molecular weight excluding hydrogens is 368 g/mol. The summed E-state index contributed by atoms with van der Waals surface area (Å²) in [5.74, 6) is 1.80. The van der Waals surface area contributed by atoms with E-state index in [1.807, 2.05) is 12.1 Å². The number of nitrogens with one attached hydrogen (secondary N) is 1. The molecule has 27 heavy (non-hydrogen) atoms. The molecule has 2 aliphatic rings. The predicted octanol–water partition coefficient (Wildman–Crippen LogP) is 2.90. The van der Waals surface area contributed by atoms with Crippen LogP contribution in [0.25, 0.3) is 0 Å². The first-order chi connectivity index (χ1) is 13.1. The van der Waals surface area contributed by atoms with Crippen LogP contribution in [0.2, 0.25) is 0 Å². The highest BCUT2D eigenvalue weighted by Crippen LogP contribution is 2.34. The van der Waals surface area contributed by atoms with Crippen molar-refractivity contribution < 1.29 is 22.3 Å². The molecular formula is C19H24N2O5S. The molecule has 146 valence electrons. The summed E-state index contributed by atoms with van der Waals surface area (Å²) in [7, 11) is -3.67. The van der Waals surface area contributed by atoms with Crippen LogP contribution in [-0.2, 0) is 10.0 Å². The molecule has 0 radical (unpaired) electrons. The highest BCUT2D eigenvalue weighted by Gasteiger charge is 2.27. The Morgan fingerprint density at radius 3 is 2.56 bits per heavy atom. The topological polar surface area (TPSA) is 81.0 Å². The molecule has 1 aromatic carbocycles. The zero-order chi connectivity index (χ0) is 18.7. The monoisotopic (exact) mass is 392 g/mol. The van der Waals surface area contributed by atoms with Gasteiger partial charge in [-0.25, -0.2) is 13.1 Å². The maximum absolute atomic E-state index is 12.8. The van der Waals surface area contributed by atoms with E-state index in [0.29, 0.717) is 11.5 Å². The Labute approximate surface area is 159 Å². The number of hydrogen-bond acceptors (Lipinski definition) is 6. The number of nitrogens with zero attached hydrogens (tertiary/aromatic N) is 1. The fourth-order valence-electron chi connectivity index (χ4n) is 3.61. The lowest BCUT2D eigenvalue weighted by Gasteiger charge is -2.29. The van der Waals surface area contributed by atoms with Crippen molar-refractivity contribution in [2.45, 2.75) is 36.6 Å². The molecule has 0 amide bonds. The van der Waals surface area contributed by atoms with E-state index >= 15 is 0 Å². The fourth-order valence-corrected chi connectivity index (χ4v) is 4.67. The summed E-state index contributed by atoms with van der Waals surface area (Å²) in [4.78, 5) is 2.48. The number of hydrogen-bond donors (Lipinski definition) is 1. The number of furan rings is 1. The number of benzene rings is 1. The first-order valence-corrected chi connectivity index (χ1v) is 10.8. The van der Waals surface area contributed by atoms with Crippen LogP contribution in [0.15, 0.2) is 45.9 Å². The Morgan fingerprint density at radius 2 is 1.81 bits per heavy atom. The van der Waals surface area contributed by atoms with Crippen LogP contribution in [0.3, 0.4) is 0 Å². The Balaban J connectivity index is 1.51. The average molecular weight is 392 g/mol. The summed E-state index contributed by atoms with van der Waals surface area (Å²) in [5, 5.41) is 0. The number of likely N-dealkylation sites (tertiary alicyclic amines) is 1. The summed E-state index contributed by atoms with van der Waals surface area (Å²) in [6.45, 7) is 2.25. The molecule has 1 aromatic heterocycles. The minimum atomic E-state index is -3.67. The van der Waals surface area contributed by atoms with Crippen molar-refractivity contribution in [3.63, 3.8) is 0 Å². The number of rotatable bonds is 6. The van der Waals surface area contributed by atoms with E-state index in [1.54, 1.807) is 12.3 Å². The largest absolute Gasteiger partial charge is 0.468 e. The summed E-state index contributed by atoms with van der Waals surface area (Å²) in [6.07, 6.45) is 6.29. The summed E-state index contributed by atoms with van der Waals surface area (Å²) in [5.41, 5.74) is 0. The van der Waals surface area contributed by atoms with Gasteiger partial charge in [0.25, 0.3) is 0 Å². The van der Waals surface area contributed by atoms with E-state index in [2.05, 4.69) is 9.62 Å². The number of fused-ring (bicyclic) bond motifs is 1. The van der Waals surface area contributed by atoms with Gasteiger partial charge in [-0.1, -0.05) is 12.8 Å². The molecule has 7 nitrogen and oxygen atoms in total. The molecule has 1 fully saturated rings. The smallest absolute Gasteiger partial charge is 0.240 e. The molecule has 8 heteroatoms. The lowest BCUT2D eigenvalue weighted by Crippen LogP contribution is -2.38. The number of sulfonamides is 1. The van der Waals surface area contributed by atoms with Gasteiger partial charge in [-0.15, -0.1) is 0 Å². The van der Waals surface area contributed by atoms with Crippen LogP contribution in [0.4, 0.5) is 0 Å². The van der Waals surface area contributed by atoms with Gasteiger partial charge in [0.1, 0.15) is 5.76 Å². The summed E-state index contributed by atoms with van der Waals surface area (Å²) < 4.78 is 44.5. The lowest BCUT2D eigenvalue weighted by atomic mass is 10.2. The molecule has 0 saturated carbocycles. The molecule has 2 aromatic rings. The third kappa shape index (κ3) is 4.12. The minimum Gasteiger partial charge on any atom is -0.468 e. The van der Waals surface area contributed by atoms with Crippen LogP contribution in [-0.4, -0.2) is 39.7 Å². The minimum absolute atomic E-state index is 0.113. The predicted molar refractivity (Wildman–Crippen MR) is 99.2 cm³/mol. The third-order valence-corrected chi connectivity index (χ3v) is 6.50. The Morgan fingerprint density at radius 1 is 1.04 bits per heavy atom. The second-order valence-electron chi connectivity index (χ2n) is 6.85. The van der Waals surface area contributed by atoms with Crippen molar-refractivity contribution >= 4 is 10.0 Å². The molecule has 3 heterocycles. The Kier molecular flexibility index (Phi) is 5.38. The van der Waals surface area contributed by atoms with Gasteiger partial charge >= 0.3 is 0 Å². The molecule has 0 aliphatic carbocycles. The van der Waals surface area contributed by atoms with E-state index in [9.17, 15) is 8.42 Å². The zero-order valence-electron chi connectivity index (χ0n) is 15.1. The summed E-state index contributed by atoms with van der Waals surface area (Å²) in [6, 6.07) is 8.27. The van der Waals surface area contributed by atoms with E-state index in [0.717, 1.165) is 31.7 Å². The first-order valence-electron chi connectivity index (χ1n) is 9.30. The highest BCUT2D eigenvalue weighted by molar-refractivity contribution is 7.89. The lowest BCUT2D eigenvalue weighted by molar-refractivity contribution is 0.174. The standard InChI is InChI=1S/C19H24N2O5S/c22-27(23,15-7-8-18-19(12-15)26-14-25-18)20-13-16(17-6-5-11-24-17)21-9-3-1-2-4-10-21/h5-8,11-12,16,20H,1-4,9-10,13-14H2/t16-/m0/s1. The van der Waals surface area contributed by atoms with Crippen molar-refractivity contribution in [3.05, 3.63) is 42.4 Å². The SMILES string of the molecule is O=S(=O)(NC[C@@H](c1ccco1)N1CCCCCC1)c1ccc2c(c1)OCO2. The highest BCUT2D eigenvalue weighted by atomic mass is 32.2. The normalized spacial score (nSPS) is 19.0. The van der Waals surface area contributed by atoms with E-state index in [4.69, 9.17) is 13.9 Å². The average Bonchev–Trinajstić information content (AvgIpc) is 3.29. The molecule has 2 aliphatic heterocycles. The van der Waals surface area contributed by atoms with Crippen molar-refractivity contribution in [3.8, 4) is 11.5 Å². The third-order valence-electron chi connectivity index (χ3n) is 5.07. The van der Waals surface area contributed by atoms with E-state index < -0.39 is 10.0 Å². The van der Waals surface area contributed by atoms with Crippen LogP contribution in [0, 0.1) is 0 Å². The van der Waals surface area contributed by atoms with Crippen LogP contribution in [0.1, 0.15) is 37.5 Å². The quantitative estimate of drug-likeness (QED) is 0.814. The maximum atomic E-state index is 12.8. The molecule has 1 atom stereocenters. The maximum Gasteiger partial charge on any atom is 0.240 e. The molecule has 0 unspecified atom stereocenters. The van der Waals surface area contributed by atoms with Crippen molar-refractivity contribution in [1.82, 2.24) is 9.62 Å². The fraction of sp³-hybridized carbons (Fsp3) is 0.474. The Hall–Kier alpha value is -2.03. The molecule has 1 saturated heterocycles.